The molecule has 24 heavy (non-hydrogen) atoms. The quantitative estimate of drug-likeness (QED) is 0.847. The molecule has 1 aromatic heterocycles. The molecule has 2 unspecified atom stereocenters. The lowest BCUT2D eigenvalue weighted by Crippen LogP contribution is -2.37. The molecule has 3 heterocycles. The van der Waals surface area contributed by atoms with Crippen LogP contribution in [0.2, 0.25) is 0 Å². The van der Waals surface area contributed by atoms with Crippen LogP contribution in [-0.2, 0) is 17.1 Å². The largest absolute Gasteiger partial charge is 0.342 e. The van der Waals surface area contributed by atoms with Gasteiger partial charge in [-0.1, -0.05) is 12.1 Å². The van der Waals surface area contributed by atoms with Crippen molar-refractivity contribution in [3.63, 3.8) is 0 Å². The monoisotopic (exact) mass is 348 g/mol. The third-order valence-corrected chi connectivity index (χ3v) is 7.66. The second-order valence-electron chi connectivity index (χ2n) is 7.30. The summed E-state index contributed by atoms with van der Waals surface area (Å²) in [7, 11) is -1.09. The molecular formula is C17H24N4O2S. The molecule has 2 aliphatic heterocycles. The minimum atomic E-state index is -3.14. The topological polar surface area (TPSA) is 58.4 Å². The Morgan fingerprint density at radius 3 is 2.29 bits per heavy atom. The normalized spacial score (nSPS) is 25.1. The summed E-state index contributed by atoms with van der Waals surface area (Å²) >= 11 is 0. The zero-order valence-electron chi connectivity index (χ0n) is 14.4. The van der Waals surface area contributed by atoms with Crippen molar-refractivity contribution >= 4 is 27.0 Å². The Balaban J connectivity index is 1.54. The molecule has 0 spiro atoms. The Hall–Kier alpha value is -1.60. The van der Waals surface area contributed by atoms with Crippen molar-refractivity contribution in [3.8, 4) is 0 Å². The van der Waals surface area contributed by atoms with E-state index in [1.54, 1.807) is 18.2 Å². The molecule has 0 N–H and O–H groups in total. The number of aromatic nitrogens is 2. The van der Waals surface area contributed by atoms with E-state index in [-0.39, 0.29) is 5.25 Å². The van der Waals surface area contributed by atoms with Gasteiger partial charge < -0.3 is 9.47 Å². The second kappa shape index (κ2) is 5.46. The molecule has 0 saturated carbocycles. The number of nitrogens with zero attached hydrogens (tertiary/aromatic N) is 4. The first-order valence-electron chi connectivity index (χ1n) is 8.53. The van der Waals surface area contributed by atoms with E-state index in [0.717, 1.165) is 30.1 Å². The van der Waals surface area contributed by atoms with Gasteiger partial charge in [0.2, 0.25) is 16.0 Å². The number of hydrogen-bond acceptors (Lipinski definition) is 4. The standard InChI is InChI=1S/C17H24N4O2S/c1-12(2)24(22,23)21-10-13-8-20(9-14(13)11-21)17-18-15-6-4-5-7-16(15)19(17)3/h4-7,12-14H,8-11H2,1-3H3. The maximum absolute atomic E-state index is 12.4. The van der Waals surface area contributed by atoms with Crippen LogP contribution >= 0.6 is 0 Å². The fourth-order valence-electron chi connectivity index (χ4n) is 4.03. The number of anilines is 1. The van der Waals surface area contributed by atoms with Gasteiger partial charge in [-0.15, -0.1) is 0 Å². The predicted molar refractivity (Wildman–Crippen MR) is 95.5 cm³/mol. The van der Waals surface area contributed by atoms with Crippen molar-refractivity contribution in [2.75, 3.05) is 31.1 Å². The Kier molecular flexibility index (Phi) is 3.61. The summed E-state index contributed by atoms with van der Waals surface area (Å²) in [6.07, 6.45) is 0. The molecule has 0 radical (unpaired) electrons. The van der Waals surface area contributed by atoms with Crippen molar-refractivity contribution in [2.24, 2.45) is 18.9 Å². The van der Waals surface area contributed by atoms with E-state index in [1.807, 2.05) is 25.2 Å². The fraction of sp³-hybridized carbons (Fsp3) is 0.588. The van der Waals surface area contributed by atoms with Gasteiger partial charge in [-0.05, 0) is 37.8 Å². The van der Waals surface area contributed by atoms with E-state index in [1.165, 1.54) is 0 Å². The van der Waals surface area contributed by atoms with Crippen LogP contribution in [0.4, 0.5) is 5.95 Å². The first-order valence-corrected chi connectivity index (χ1v) is 10.0. The number of fused-ring (bicyclic) bond motifs is 2. The SMILES string of the molecule is CC(C)S(=O)(=O)N1CC2CN(c3nc4ccccc4n3C)CC2C1. The van der Waals surface area contributed by atoms with Crippen LogP contribution in [0.1, 0.15) is 13.8 Å². The molecule has 2 aromatic rings. The molecule has 0 bridgehead atoms. The molecule has 7 heteroatoms. The van der Waals surface area contributed by atoms with Crippen molar-refractivity contribution in [1.82, 2.24) is 13.9 Å². The summed E-state index contributed by atoms with van der Waals surface area (Å²) in [6.45, 7) is 6.57. The lowest BCUT2D eigenvalue weighted by molar-refractivity contribution is 0.446. The van der Waals surface area contributed by atoms with E-state index in [9.17, 15) is 8.42 Å². The highest BCUT2D eigenvalue weighted by Crippen LogP contribution is 2.36. The molecule has 4 rings (SSSR count). The molecule has 1 aromatic carbocycles. The van der Waals surface area contributed by atoms with Crippen molar-refractivity contribution in [3.05, 3.63) is 24.3 Å². The smallest absolute Gasteiger partial charge is 0.216 e. The summed E-state index contributed by atoms with van der Waals surface area (Å²) in [4.78, 5) is 7.09. The van der Waals surface area contributed by atoms with Crippen molar-refractivity contribution in [1.29, 1.82) is 0 Å². The first kappa shape index (κ1) is 15.9. The lowest BCUT2D eigenvalue weighted by atomic mass is 10.0. The van der Waals surface area contributed by atoms with Gasteiger partial charge in [0.1, 0.15) is 0 Å². The van der Waals surface area contributed by atoms with Crippen LogP contribution in [0.3, 0.4) is 0 Å². The minimum absolute atomic E-state index is 0.340. The van der Waals surface area contributed by atoms with Gasteiger partial charge in [-0.2, -0.15) is 0 Å². The average molecular weight is 348 g/mol. The molecule has 2 fully saturated rings. The number of benzene rings is 1. The van der Waals surface area contributed by atoms with Crippen LogP contribution in [0.5, 0.6) is 0 Å². The van der Waals surface area contributed by atoms with Gasteiger partial charge in [0.15, 0.2) is 0 Å². The van der Waals surface area contributed by atoms with E-state index < -0.39 is 10.0 Å². The molecule has 0 amide bonds. The Morgan fingerprint density at radius 2 is 1.71 bits per heavy atom. The first-order chi connectivity index (χ1) is 11.4. The molecule has 2 atom stereocenters. The zero-order valence-corrected chi connectivity index (χ0v) is 15.2. The number of rotatable bonds is 3. The van der Waals surface area contributed by atoms with Crippen LogP contribution in [0.15, 0.2) is 24.3 Å². The number of imidazole rings is 1. The van der Waals surface area contributed by atoms with E-state index >= 15 is 0 Å². The van der Waals surface area contributed by atoms with Gasteiger partial charge in [-0.25, -0.2) is 17.7 Å². The molecule has 6 nitrogen and oxygen atoms in total. The van der Waals surface area contributed by atoms with E-state index in [2.05, 4.69) is 15.5 Å². The number of para-hydroxylation sites is 2. The van der Waals surface area contributed by atoms with E-state index in [0.29, 0.717) is 24.9 Å². The molecule has 0 aliphatic carbocycles. The molecule has 2 aliphatic rings. The highest BCUT2D eigenvalue weighted by molar-refractivity contribution is 7.89. The third kappa shape index (κ3) is 2.33. The zero-order chi connectivity index (χ0) is 17.1. The summed E-state index contributed by atoms with van der Waals surface area (Å²) in [5.74, 6) is 1.79. The average Bonchev–Trinajstić information content (AvgIpc) is 3.19. The summed E-state index contributed by atoms with van der Waals surface area (Å²) in [5.41, 5.74) is 2.14. The summed E-state index contributed by atoms with van der Waals surface area (Å²) in [6, 6.07) is 8.15. The van der Waals surface area contributed by atoms with Gasteiger partial charge in [0.25, 0.3) is 0 Å². The highest BCUT2D eigenvalue weighted by Gasteiger charge is 2.45. The third-order valence-electron chi connectivity index (χ3n) is 5.45. The molecule has 130 valence electrons. The Bertz CT molecular complexity index is 860. The maximum Gasteiger partial charge on any atom is 0.216 e. The Labute approximate surface area is 143 Å². The summed E-state index contributed by atoms with van der Waals surface area (Å²) in [5, 5.41) is -0.340. The van der Waals surface area contributed by atoms with Crippen LogP contribution in [-0.4, -0.2) is 53.7 Å². The predicted octanol–water partition coefficient (Wildman–Crippen LogP) is 1.68. The van der Waals surface area contributed by atoms with Crippen molar-refractivity contribution in [2.45, 2.75) is 19.1 Å². The summed E-state index contributed by atoms with van der Waals surface area (Å²) < 4.78 is 28.6. The van der Waals surface area contributed by atoms with Crippen LogP contribution in [0, 0.1) is 11.8 Å². The maximum atomic E-state index is 12.4. The van der Waals surface area contributed by atoms with Crippen LogP contribution in [0.25, 0.3) is 11.0 Å². The lowest BCUT2D eigenvalue weighted by Gasteiger charge is -2.23. The minimum Gasteiger partial charge on any atom is -0.342 e. The molecular weight excluding hydrogens is 324 g/mol. The number of sulfonamides is 1. The van der Waals surface area contributed by atoms with Crippen molar-refractivity contribution < 1.29 is 8.42 Å². The van der Waals surface area contributed by atoms with Gasteiger partial charge >= 0.3 is 0 Å². The van der Waals surface area contributed by atoms with Gasteiger partial charge in [-0.3, -0.25) is 0 Å². The fourth-order valence-corrected chi connectivity index (χ4v) is 5.43. The number of hydrogen-bond donors (Lipinski definition) is 0. The van der Waals surface area contributed by atoms with Crippen LogP contribution < -0.4 is 4.90 Å². The number of aryl methyl sites for hydroxylation is 1. The van der Waals surface area contributed by atoms with E-state index in [4.69, 9.17) is 4.98 Å². The van der Waals surface area contributed by atoms with Gasteiger partial charge in [0, 0.05) is 33.2 Å². The second-order valence-corrected chi connectivity index (χ2v) is 9.78. The highest BCUT2D eigenvalue weighted by atomic mass is 32.2. The van der Waals surface area contributed by atoms with Gasteiger partial charge in [0.05, 0.1) is 16.3 Å². The Morgan fingerprint density at radius 1 is 1.08 bits per heavy atom. The molecule has 2 saturated heterocycles.